The van der Waals surface area contributed by atoms with Crippen LogP contribution in [0.25, 0.3) is 0 Å². The van der Waals surface area contributed by atoms with Gasteiger partial charge in [0.25, 0.3) is 0 Å². The van der Waals surface area contributed by atoms with E-state index in [-0.39, 0.29) is 10.5 Å². The SMILES string of the molecule is CC(C)N1CCN(S(=O)(=O)c2ccc(F)c(CO)c2)CC1. The number of benzene rings is 1. The lowest BCUT2D eigenvalue weighted by atomic mass is 10.2. The Labute approximate surface area is 125 Å². The van der Waals surface area contributed by atoms with Gasteiger partial charge in [-0.05, 0) is 32.0 Å². The van der Waals surface area contributed by atoms with Crippen molar-refractivity contribution in [2.75, 3.05) is 26.2 Å². The van der Waals surface area contributed by atoms with Gasteiger partial charge in [-0.2, -0.15) is 4.31 Å². The lowest BCUT2D eigenvalue weighted by Gasteiger charge is -2.36. The highest BCUT2D eigenvalue weighted by Crippen LogP contribution is 2.21. The van der Waals surface area contributed by atoms with Crippen molar-refractivity contribution >= 4 is 10.0 Å². The van der Waals surface area contributed by atoms with Crippen molar-refractivity contribution in [3.8, 4) is 0 Å². The van der Waals surface area contributed by atoms with Gasteiger partial charge in [0.15, 0.2) is 0 Å². The fourth-order valence-electron chi connectivity index (χ4n) is 2.44. The van der Waals surface area contributed by atoms with Crippen molar-refractivity contribution in [1.82, 2.24) is 9.21 Å². The van der Waals surface area contributed by atoms with Crippen LogP contribution < -0.4 is 0 Å². The molecule has 0 aromatic heterocycles. The number of nitrogens with zero attached hydrogens (tertiary/aromatic N) is 2. The number of halogens is 1. The van der Waals surface area contributed by atoms with Crippen molar-refractivity contribution in [3.05, 3.63) is 29.6 Å². The van der Waals surface area contributed by atoms with Crippen LogP contribution in [-0.2, 0) is 16.6 Å². The zero-order valence-corrected chi connectivity index (χ0v) is 13.1. The van der Waals surface area contributed by atoms with Crippen LogP contribution in [0.15, 0.2) is 23.1 Å². The topological polar surface area (TPSA) is 60.9 Å². The van der Waals surface area contributed by atoms with Crippen LogP contribution in [-0.4, -0.2) is 55.0 Å². The van der Waals surface area contributed by atoms with Crippen molar-refractivity contribution in [1.29, 1.82) is 0 Å². The number of hydrogen-bond acceptors (Lipinski definition) is 4. The Balaban J connectivity index is 2.19. The van der Waals surface area contributed by atoms with Crippen LogP contribution in [0.5, 0.6) is 0 Å². The molecule has 1 N–H and O–H groups in total. The van der Waals surface area contributed by atoms with Gasteiger partial charge in [0.1, 0.15) is 5.82 Å². The van der Waals surface area contributed by atoms with E-state index in [1.165, 1.54) is 16.4 Å². The van der Waals surface area contributed by atoms with Crippen LogP contribution in [0.4, 0.5) is 4.39 Å². The highest BCUT2D eigenvalue weighted by Gasteiger charge is 2.29. The second kappa shape index (κ2) is 6.39. The summed E-state index contributed by atoms with van der Waals surface area (Å²) in [4.78, 5) is 2.25. The van der Waals surface area contributed by atoms with Gasteiger partial charge in [-0.1, -0.05) is 0 Å². The lowest BCUT2D eigenvalue weighted by Crippen LogP contribution is -2.50. The molecule has 1 fully saturated rings. The first-order valence-corrected chi connectivity index (χ1v) is 8.43. The number of aliphatic hydroxyl groups excluding tert-OH is 1. The highest BCUT2D eigenvalue weighted by atomic mass is 32.2. The Morgan fingerprint density at radius 1 is 1.24 bits per heavy atom. The summed E-state index contributed by atoms with van der Waals surface area (Å²) in [6, 6.07) is 3.93. The molecule has 1 aliphatic heterocycles. The number of aliphatic hydroxyl groups is 1. The van der Waals surface area contributed by atoms with E-state index < -0.39 is 22.4 Å². The normalized spacial score (nSPS) is 18.3. The van der Waals surface area contributed by atoms with Gasteiger partial charge in [0, 0.05) is 37.8 Å². The summed E-state index contributed by atoms with van der Waals surface area (Å²) in [5.74, 6) is -0.596. The minimum atomic E-state index is -3.63. The molecule has 21 heavy (non-hydrogen) atoms. The minimum absolute atomic E-state index is 0.00288. The maximum Gasteiger partial charge on any atom is 0.243 e. The Kier molecular flexibility index (Phi) is 4.98. The van der Waals surface area contributed by atoms with Crippen LogP contribution in [0.2, 0.25) is 0 Å². The van der Waals surface area contributed by atoms with Gasteiger partial charge in [-0.15, -0.1) is 0 Å². The van der Waals surface area contributed by atoms with Gasteiger partial charge >= 0.3 is 0 Å². The lowest BCUT2D eigenvalue weighted by molar-refractivity contribution is 0.154. The molecule has 0 amide bonds. The molecule has 118 valence electrons. The number of sulfonamides is 1. The van der Waals surface area contributed by atoms with E-state index in [0.29, 0.717) is 32.2 Å². The molecule has 0 aliphatic carbocycles. The van der Waals surface area contributed by atoms with Crippen LogP contribution in [0.3, 0.4) is 0 Å². The molecular weight excluding hydrogens is 295 g/mol. The summed E-state index contributed by atoms with van der Waals surface area (Å²) in [5.41, 5.74) is -0.00288. The fraction of sp³-hybridized carbons (Fsp3) is 0.571. The van der Waals surface area contributed by atoms with E-state index in [0.717, 1.165) is 6.07 Å². The molecule has 1 aromatic carbocycles. The first-order valence-electron chi connectivity index (χ1n) is 6.99. The van der Waals surface area contributed by atoms with Crippen LogP contribution in [0.1, 0.15) is 19.4 Å². The molecule has 0 radical (unpaired) electrons. The minimum Gasteiger partial charge on any atom is -0.392 e. The van der Waals surface area contributed by atoms with Crippen LogP contribution in [0, 0.1) is 5.82 Å². The number of hydrogen-bond donors (Lipinski definition) is 1. The predicted octanol–water partition coefficient (Wildman–Crippen LogP) is 1.03. The Morgan fingerprint density at radius 2 is 1.86 bits per heavy atom. The van der Waals surface area contributed by atoms with Crippen molar-refractivity contribution in [2.45, 2.75) is 31.4 Å². The summed E-state index contributed by atoms with van der Waals surface area (Å²) >= 11 is 0. The summed E-state index contributed by atoms with van der Waals surface area (Å²) in [5, 5.41) is 9.06. The van der Waals surface area contributed by atoms with Crippen molar-refractivity contribution in [3.63, 3.8) is 0 Å². The molecule has 7 heteroatoms. The first-order chi connectivity index (χ1) is 9.86. The van der Waals surface area contributed by atoms with E-state index in [1.807, 2.05) is 0 Å². The highest BCUT2D eigenvalue weighted by molar-refractivity contribution is 7.89. The molecule has 1 aromatic rings. The zero-order chi connectivity index (χ0) is 15.6. The second-order valence-electron chi connectivity index (χ2n) is 5.45. The van der Waals surface area contributed by atoms with E-state index in [1.54, 1.807) is 0 Å². The Hall–Kier alpha value is -1.02. The average Bonchev–Trinajstić information content (AvgIpc) is 2.47. The first kappa shape index (κ1) is 16.4. The molecule has 0 bridgehead atoms. The largest absolute Gasteiger partial charge is 0.392 e. The molecule has 1 aliphatic rings. The molecule has 2 rings (SSSR count). The molecule has 1 saturated heterocycles. The quantitative estimate of drug-likeness (QED) is 0.901. The smallest absolute Gasteiger partial charge is 0.243 e. The Morgan fingerprint density at radius 3 is 2.38 bits per heavy atom. The van der Waals surface area contributed by atoms with Crippen molar-refractivity contribution in [2.24, 2.45) is 0 Å². The third-order valence-electron chi connectivity index (χ3n) is 3.83. The third-order valence-corrected chi connectivity index (χ3v) is 5.72. The third kappa shape index (κ3) is 3.42. The summed E-state index contributed by atoms with van der Waals surface area (Å²) in [7, 11) is -3.63. The standard InChI is InChI=1S/C14H21FN2O3S/c1-11(2)16-5-7-17(8-6-16)21(19,20)13-3-4-14(15)12(9-13)10-18/h3-4,9,11,18H,5-8,10H2,1-2H3. The van der Waals surface area contributed by atoms with Gasteiger partial charge in [0.2, 0.25) is 10.0 Å². The molecule has 0 atom stereocenters. The molecular formula is C14H21FN2O3S. The summed E-state index contributed by atoms with van der Waals surface area (Å²) in [6.45, 7) is 5.86. The molecule has 0 saturated carbocycles. The molecule has 0 unspecified atom stereocenters. The maximum absolute atomic E-state index is 13.4. The average molecular weight is 316 g/mol. The van der Waals surface area contributed by atoms with Gasteiger partial charge in [-0.3, -0.25) is 4.90 Å². The maximum atomic E-state index is 13.4. The number of rotatable bonds is 4. The van der Waals surface area contributed by atoms with Crippen LogP contribution >= 0.6 is 0 Å². The summed E-state index contributed by atoms with van der Waals surface area (Å²) < 4.78 is 39.9. The number of piperazine rings is 1. The second-order valence-corrected chi connectivity index (χ2v) is 7.38. The van der Waals surface area contributed by atoms with Gasteiger partial charge in [0.05, 0.1) is 11.5 Å². The van der Waals surface area contributed by atoms with Crippen molar-refractivity contribution < 1.29 is 17.9 Å². The predicted molar refractivity (Wildman–Crippen MR) is 77.8 cm³/mol. The zero-order valence-electron chi connectivity index (χ0n) is 12.3. The molecule has 5 nitrogen and oxygen atoms in total. The van der Waals surface area contributed by atoms with E-state index in [4.69, 9.17) is 5.11 Å². The molecule has 1 heterocycles. The fourth-order valence-corrected chi connectivity index (χ4v) is 3.92. The molecule has 0 spiro atoms. The monoisotopic (exact) mass is 316 g/mol. The van der Waals surface area contributed by atoms with E-state index in [9.17, 15) is 12.8 Å². The van der Waals surface area contributed by atoms with E-state index in [2.05, 4.69) is 18.7 Å². The summed E-state index contributed by atoms with van der Waals surface area (Å²) in [6.07, 6.45) is 0. The Bertz CT molecular complexity index is 596. The van der Waals surface area contributed by atoms with E-state index >= 15 is 0 Å². The van der Waals surface area contributed by atoms with Gasteiger partial charge in [-0.25, -0.2) is 12.8 Å². The van der Waals surface area contributed by atoms with Gasteiger partial charge < -0.3 is 5.11 Å².